The topological polar surface area (TPSA) is 115 Å². The third-order valence-electron chi connectivity index (χ3n) is 5.01. The zero-order valence-corrected chi connectivity index (χ0v) is 15.1. The van der Waals surface area contributed by atoms with Gasteiger partial charge in [-0.2, -0.15) is 10.1 Å². The molecule has 0 unspecified atom stereocenters. The molecule has 0 aliphatic heterocycles. The third kappa shape index (κ3) is 2.33. The second-order valence-corrected chi connectivity index (χ2v) is 7.09. The number of anilines is 2. The van der Waals surface area contributed by atoms with Gasteiger partial charge in [0.05, 0.1) is 35.2 Å². The fourth-order valence-electron chi connectivity index (χ4n) is 3.25. The highest BCUT2D eigenvalue weighted by atomic mass is 35.5. The maximum Gasteiger partial charge on any atom is 0.330 e. The highest BCUT2D eigenvalue weighted by molar-refractivity contribution is 6.33. The van der Waals surface area contributed by atoms with Gasteiger partial charge in [0.15, 0.2) is 11.3 Å². The van der Waals surface area contributed by atoms with Crippen LogP contribution in [-0.2, 0) is 12.6 Å². The standard InChI is InChI=1S/C16H15ClN8O2/c1-23-11-5-18-14(21-10-6-24-12(4-9(10)17)19-8-20-24)22-13(11)25(15(23)27)16(7-26)2-3-16/h4-6,8,26H,2-3,7H2,1H3,(H,18,21,22). The van der Waals surface area contributed by atoms with Crippen molar-refractivity contribution in [3.8, 4) is 0 Å². The summed E-state index contributed by atoms with van der Waals surface area (Å²) in [6.07, 6.45) is 6.18. The molecular formula is C16H15ClN8O2. The molecule has 27 heavy (non-hydrogen) atoms. The Bertz CT molecular complexity index is 1250. The summed E-state index contributed by atoms with van der Waals surface area (Å²) in [6, 6.07) is 1.68. The first kappa shape index (κ1) is 16.2. The molecule has 0 atom stereocenters. The molecule has 10 nitrogen and oxygen atoms in total. The van der Waals surface area contributed by atoms with Gasteiger partial charge in [-0.25, -0.2) is 19.3 Å². The van der Waals surface area contributed by atoms with Crippen molar-refractivity contribution in [2.24, 2.45) is 7.05 Å². The molecule has 2 N–H and O–H groups in total. The largest absolute Gasteiger partial charge is 0.394 e. The molecule has 5 rings (SSSR count). The highest BCUT2D eigenvalue weighted by Crippen LogP contribution is 2.43. The van der Waals surface area contributed by atoms with E-state index in [2.05, 4.69) is 25.4 Å². The predicted octanol–water partition coefficient (Wildman–Crippen LogP) is 1.05. The third-order valence-corrected chi connectivity index (χ3v) is 5.32. The van der Waals surface area contributed by atoms with Crippen LogP contribution in [0, 0.1) is 0 Å². The fourth-order valence-corrected chi connectivity index (χ4v) is 3.44. The highest BCUT2D eigenvalue weighted by Gasteiger charge is 2.47. The number of fused-ring (bicyclic) bond motifs is 2. The molecule has 1 saturated carbocycles. The summed E-state index contributed by atoms with van der Waals surface area (Å²) < 4.78 is 4.64. The van der Waals surface area contributed by atoms with Crippen LogP contribution < -0.4 is 11.0 Å². The van der Waals surface area contributed by atoms with Crippen molar-refractivity contribution in [2.45, 2.75) is 18.4 Å². The first-order valence-electron chi connectivity index (χ1n) is 8.34. The summed E-state index contributed by atoms with van der Waals surface area (Å²) in [4.78, 5) is 25.6. The quantitative estimate of drug-likeness (QED) is 0.538. The van der Waals surface area contributed by atoms with E-state index in [1.165, 1.54) is 10.9 Å². The lowest BCUT2D eigenvalue weighted by atomic mass is 10.3. The minimum absolute atomic E-state index is 0.104. The van der Waals surface area contributed by atoms with Gasteiger partial charge in [0.25, 0.3) is 0 Å². The number of hydrogen-bond donors (Lipinski definition) is 2. The molecule has 138 valence electrons. The van der Waals surface area contributed by atoms with Crippen LogP contribution in [0.2, 0.25) is 5.02 Å². The number of aliphatic hydroxyl groups excluding tert-OH is 1. The molecule has 0 bridgehead atoms. The second kappa shape index (κ2) is 5.51. The van der Waals surface area contributed by atoms with Crippen LogP contribution in [-0.4, -0.2) is 45.4 Å². The van der Waals surface area contributed by atoms with E-state index >= 15 is 0 Å². The molecule has 0 amide bonds. The molecule has 4 aromatic rings. The molecule has 1 aliphatic rings. The number of halogens is 1. The predicted molar refractivity (Wildman–Crippen MR) is 98.3 cm³/mol. The van der Waals surface area contributed by atoms with E-state index in [4.69, 9.17) is 11.6 Å². The molecular weight excluding hydrogens is 372 g/mol. The van der Waals surface area contributed by atoms with Gasteiger partial charge in [-0.05, 0) is 12.8 Å². The normalized spacial score (nSPS) is 15.5. The van der Waals surface area contributed by atoms with Gasteiger partial charge in [-0.15, -0.1) is 0 Å². The Morgan fingerprint density at radius 3 is 2.93 bits per heavy atom. The van der Waals surface area contributed by atoms with Crippen molar-refractivity contribution in [2.75, 3.05) is 11.9 Å². The van der Waals surface area contributed by atoms with Gasteiger partial charge >= 0.3 is 5.69 Å². The molecule has 1 aliphatic carbocycles. The first-order valence-corrected chi connectivity index (χ1v) is 8.72. The number of pyridine rings is 1. The number of imidazole rings is 1. The zero-order valence-electron chi connectivity index (χ0n) is 14.3. The molecule has 0 aromatic carbocycles. The van der Waals surface area contributed by atoms with Crippen molar-refractivity contribution < 1.29 is 5.11 Å². The SMILES string of the molecule is Cn1c(=O)n(C2(CO)CC2)c2nc(Nc3cn4ncnc4cc3Cl)ncc21. The lowest BCUT2D eigenvalue weighted by Crippen LogP contribution is -2.33. The van der Waals surface area contributed by atoms with E-state index in [9.17, 15) is 9.90 Å². The Kier molecular flexibility index (Phi) is 3.31. The van der Waals surface area contributed by atoms with Crippen molar-refractivity contribution in [1.82, 2.24) is 33.7 Å². The number of nitrogens with one attached hydrogen (secondary N) is 1. The van der Waals surface area contributed by atoms with Crippen molar-refractivity contribution in [3.63, 3.8) is 0 Å². The summed E-state index contributed by atoms with van der Waals surface area (Å²) in [7, 11) is 1.67. The minimum atomic E-state index is -0.570. The van der Waals surface area contributed by atoms with E-state index in [1.807, 2.05) is 0 Å². The number of aliphatic hydroxyl groups is 1. The maximum atomic E-state index is 12.7. The smallest absolute Gasteiger partial charge is 0.330 e. The summed E-state index contributed by atoms with van der Waals surface area (Å²) in [6.45, 7) is -0.104. The Morgan fingerprint density at radius 2 is 2.19 bits per heavy atom. The Balaban J connectivity index is 1.63. The second-order valence-electron chi connectivity index (χ2n) is 6.68. The van der Waals surface area contributed by atoms with Gasteiger partial charge in [-0.1, -0.05) is 11.6 Å². The zero-order chi connectivity index (χ0) is 18.8. The minimum Gasteiger partial charge on any atom is -0.394 e. The van der Waals surface area contributed by atoms with Crippen LogP contribution in [0.4, 0.5) is 11.6 Å². The van der Waals surface area contributed by atoms with E-state index in [0.29, 0.717) is 27.5 Å². The van der Waals surface area contributed by atoms with Gasteiger partial charge in [0.1, 0.15) is 11.8 Å². The van der Waals surface area contributed by atoms with Gasteiger partial charge in [0, 0.05) is 13.1 Å². The molecule has 0 radical (unpaired) electrons. The van der Waals surface area contributed by atoms with Crippen molar-refractivity contribution in [1.29, 1.82) is 0 Å². The van der Waals surface area contributed by atoms with Crippen LogP contribution in [0.3, 0.4) is 0 Å². The van der Waals surface area contributed by atoms with Gasteiger partial charge in [0.2, 0.25) is 5.95 Å². The molecule has 0 saturated heterocycles. The number of nitrogens with zero attached hydrogens (tertiary/aromatic N) is 7. The van der Waals surface area contributed by atoms with E-state index < -0.39 is 5.54 Å². The maximum absolute atomic E-state index is 12.7. The van der Waals surface area contributed by atoms with Gasteiger partial charge < -0.3 is 10.4 Å². The van der Waals surface area contributed by atoms with Crippen LogP contribution in [0.5, 0.6) is 0 Å². The van der Waals surface area contributed by atoms with E-state index in [1.54, 1.807) is 34.6 Å². The fraction of sp³-hybridized carbons (Fsp3) is 0.312. The summed E-state index contributed by atoms with van der Waals surface area (Å²) in [5.74, 6) is 0.289. The number of aryl methyl sites for hydroxylation is 1. The Morgan fingerprint density at radius 1 is 1.37 bits per heavy atom. The molecule has 1 fully saturated rings. The number of aromatic nitrogens is 7. The molecule has 11 heteroatoms. The van der Waals surface area contributed by atoms with Crippen molar-refractivity contribution >= 4 is 40.0 Å². The first-order chi connectivity index (χ1) is 13.0. The Labute approximate surface area is 157 Å². The molecule has 4 heterocycles. The summed E-state index contributed by atoms with van der Waals surface area (Å²) in [5, 5.41) is 17.4. The monoisotopic (exact) mass is 386 g/mol. The van der Waals surface area contributed by atoms with Crippen LogP contribution in [0.25, 0.3) is 16.8 Å². The van der Waals surface area contributed by atoms with Gasteiger partial charge in [-0.3, -0.25) is 9.13 Å². The number of rotatable bonds is 4. The molecule has 0 spiro atoms. The van der Waals surface area contributed by atoms with E-state index in [0.717, 1.165) is 12.8 Å². The summed E-state index contributed by atoms with van der Waals surface area (Å²) in [5.41, 5.74) is 1.47. The van der Waals surface area contributed by atoms with Crippen LogP contribution in [0.1, 0.15) is 12.8 Å². The molecule has 4 aromatic heterocycles. The van der Waals surface area contributed by atoms with Crippen molar-refractivity contribution in [3.05, 3.63) is 40.3 Å². The lowest BCUT2D eigenvalue weighted by molar-refractivity contribution is 0.212. The summed E-state index contributed by atoms with van der Waals surface area (Å²) >= 11 is 6.30. The lowest BCUT2D eigenvalue weighted by Gasteiger charge is -2.13. The average Bonchev–Trinajstić information content (AvgIpc) is 3.25. The van der Waals surface area contributed by atoms with Crippen LogP contribution >= 0.6 is 11.6 Å². The van der Waals surface area contributed by atoms with Crippen LogP contribution in [0.15, 0.2) is 29.6 Å². The Hall–Kier alpha value is -2.98. The average molecular weight is 387 g/mol. The van der Waals surface area contributed by atoms with E-state index in [-0.39, 0.29) is 18.2 Å². The number of hydrogen-bond acceptors (Lipinski definition) is 7.